The van der Waals surface area contributed by atoms with Crippen molar-refractivity contribution in [3.63, 3.8) is 0 Å². The van der Waals surface area contributed by atoms with Crippen molar-refractivity contribution in [3.8, 4) is 5.75 Å². The molecular weight excluding hydrogens is 444 g/mol. The maximum absolute atomic E-state index is 13.3. The number of fused-ring (bicyclic) bond motifs is 1. The molecule has 0 saturated carbocycles. The molecule has 0 atom stereocenters. The number of amides is 2. The maximum atomic E-state index is 13.3. The summed E-state index contributed by atoms with van der Waals surface area (Å²) in [6, 6.07) is 22.4. The minimum absolute atomic E-state index is 0.0825. The highest BCUT2D eigenvalue weighted by atomic mass is 35.5. The Morgan fingerprint density at radius 1 is 1.06 bits per heavy atom. The van der Waals surface area contributed by atoms with Gasteiger partial charge in [0.1, 0.15) is 12.3 Å². The lowest BCUT2D eigenvalue weighted by atomic mass is 10.2. The van der Waals surface area contributed by atoms with Gasteiger partial charge in [-0.15, -0.1) is 0 Å². The van der Waals surface area contributed by atoms with E-state index in [-0.39, 0.29) is 18.4 Å². The number of nitrogens with one attached hydrogen (secondary N) is 1. The SMILES string of the molecule is COc1ccc(/C=C2/Sc3ccccc3N(CC(=O)NCc3ccccc3Cl)C2=O)cc1. The molecule has 7 heteroatoms. The summed E-state index contributed by atoms with van der Waals surface area (Å²) in [7, 11) is 1.61. The summed E-state index contributed by atoms with van der Waals surface area (Å²) in [5.41, 5.74) is 2.43. The summed E-state index contributed by atoms with van der Waals surface area (Å²) in [5.74, 6) is 0.276. The lowest BCUT2D eigenvalue weighted by Crippen LogP contribution is -2.42. The zero-order chi connectivity index (χ0) is 22.5. The van der Waals surface area contributed by atoms with Crippen molar-refractivity contribution in [1.29, 1.82) is 0 Å². The molecule has 3 aromatic carbocycles. The average molecular weight is 465 g/mol. The highest BCUT2D eigenvalue weighted by Gasteiger charge is 2.30. The number of benzene rings is 3. The third-order valence-corrected chi connectivity index (χ3v) is 6.43. The lowest BCUT2D eigenvalue weighted by Gasteiger charge is -2.29. The number of methoxy groups -OCH3 is 1. The summed E-state index contributed by atoms with van der Waals surface area (Å²) in [6.45, 7) is 0.215. The number of para-hydroxylation sites is 1. The molecule has 1 aliphatic heterocycles. The molecule has 2 amide bonds. The van der Waals surface area contributed by atoms with Crippen molar-refractivity contribution in [2.24, 2.45) is 0 Å². The molecule has 0 saturated heterocycles. The van der Waals surface area contributed by atoms with E-state index >= 15 is 0 Å². The van der Waals surface area contributed by atoms with Crippen LogP contribution < -0.4 is 15.0 Å². The fourth-order valence-electron chi connectivity index (χ4n) is 3.31. The van der Waals surface area contributed by atoms with Gasteiger partial charge in [0.05, 0.1) is 17.7 Å². The largest absolute Gasteiger partial charge is 0.497 e. The molecule has 0 aromatic heterocycles. The topological polar surface area (TPSA) is 58.6 Å². The van der Waals surface area contributed by atoms with Gasteiger partial charge in [-0.2, -0.15) is 0 Å². The number of nitrogens with zero attached hydrogens (tertiary/aromatic N) is 1. The summed E-state index contributed by atoms with van der Waals surface area (Å²) in [5, 5.41) is 3.45. The zero-order valence-corrected chi connectivity index (χ0v) is 19.0. The number of halogens is 1. The van der Waals surface area contributed by atoms with Gasteiger partial charge in [0.25, 0.3) is 5.91 Å². The van der Waals surface area contributed by atoms with Crippen LogP contribution in [0.25, 0.3) is 6.08 Å². The molecular formula is C25H21ClN2O3S. The lowest BCUT2D eigenvalue weighted by molar-refractivity contribution is -0.122. The first-order valence-corrected chi connectivity index (χ1v) is 11.2. The van der Waals surface area contributed by atoms with Gasteiger partial charge >= 0.3 is 0 Å². The van der Waals surface area contributed by atoms with E-state index in [4.69, 9.17) is 16.3 Å². The van der Waals surface area contributed by atoms with Gasteiger partial charge in [-0.25, -0.2) is 0 Å². The van der Waals surface area contributed by atoms with Crippen molar-refractivity contribution < 1.29 is 14.3 Å². The molecule has 4 rings (SSSR count). The van der Waals surface area contributed by atoms with Crippen LogP contribution in [-0.4, -0.2) is 25.5 Å². The highest BCUT2D eigenvalue weighted by molar-refractivity contribution is 8.04. The van der Waals surface area contributed by atoms with Crippen molar-refractivity contribution in [2.45, 2.75) is 11.4 Å². The van der Waals surface area contributed by atoms with Crippen LogP contribution in [0.4, 0.5) is 5.69 Å². The predicted octanol–water partition coefficient (Wildman–Crippen LogP) is 5.14. The molecule has 0 fully saturated rings. The van der Waals surface area contributed by atoms with Crippen LogP contribution in [0.2, 0.25) is 5.02 Å². The second-order valence-electron chi connectivity index (χ2n) is 7.11. The molecule has 1 heterocycles. The summed E-state index contributed by atoms with van der Waals surface area (Å²) < 4.78 is 5.20. The van der Waals surface area contributed by atoms with Crippen LogP contribution >= 0.6 is 23.4 Å². The Bertz CT molecular complexity index is 1180. The normalized spacial score (nSPS) is 14.2. The van der Waals surface area contributed by atoms with Crippen LogP contribution in [0.3, 0.4) is 0 Å². The fraction of sp³-hybridized carbons (Fsp3) is 0.120. The van der Waals surface area contributed by atoms with E-state index in [1.807, 2.05) is 72.8 Å². The number of ether oxygens (including phenoxy) is 1. The quantitative estimate of drug-likeness (QED) is 0.513. The molecule has 1 N–H and O–H groups in total. The highest BCUT2D eigenvalue weighted by Crippen LogP contribution is 2.41. The van der Waals surface area contributed by atoms with Crippen LogP contribution in [0.15, 0.2) is 82.6 Å². The van der Waals surface area contributed by atoms with Gasteiger partial charge in [0, 0.05) is 16.5 Å². The molecule has 0 spiro atoms. The Balaban J connectivity index is 1.54. The Hall–Kier alpha value is -3.22. The molecule has 0 unspecified atom stereocenters. The van der Waals surface area contributed by atoms with Crippen LogP contribution in [0.5, 0.6) is 5.75 Å². The van der Waals surface area contributed by atoms with E-state index in [0.29, 0.717) is 16.5 Å². The van der Waals surface area contributed by atoms with E-state index < -0.39 is 0 Å². The third kappa shape index (κ3) is 4.98. The van der Waals surface area contributed by atoms with Gasteiger partial charge in [-0.3, -0.25) is 14.5 Å². The summed E-state index contributed by atoms with van der Waals surface area (Å²) in [4.78, 5) is 29.0. The number of carbonyl (C=O) groups excluding carboxylic acids is 2. The van der Waals surface area contributed by atoms with Gasteiger partial charge in [-0.05, 0) is 47.5 Å². The second kappa shape index (κ2) is 9.94. The first-order chi connectivity index (χ1) is 15.5. The summed E-state index contributed by atoms with van der Waals surface area (Å²) in [6.07, 6.45) is 1.83. The minimum Gasteiger partial charge on any atom is -0.497 e. The molecule has 1 aliphatic rings. The number of carbonyl (C=O) groups is 2. The number of hydrogen-bond acceptors (Lipinski definition) is 4. The first-order valence-electron chi connectivity index (χ1n) is 10.00. The molecule has 162 valence electrons. The van der Waals surface area contributed by atoms with Gasteiger partial charge in [0.2, 0.25) is 5.91 Å². The molecule has 0 radical (unpaired) electrons. The Morgan fingerprint density at radius 3 is 2.53 bits per heavy atom. The van der Waals surface area contributed by atoms with Crippen LogP contribution in [0, 0.1) is 0 Å². The van der Waals surface area contributed by atoms with Crippen LogP contribution in [-0.2, 0) is 16.1 Å². The Kier molecular flexibility index (Phi) is 6.83. The third-order valence-electron chi connectivity index (χ3n) is 4.98. The number of thioether (sulfide) groups is 1. The first kappa shape index (κ1) is 22.0. The van der Waals surface area contributed by atoms with Crippen molar-refractivity contribution in [2.75, 3.05) is 18.6 Å². The summed E-state index contributed by atoms with van der Waals surface area (Å²) >= 11 is 7.57. The van der Waals surface area contributed by atoms with Gasteiger partial charge < -0.3 is 10.1 Å². The monoisotopic (exact) mass is 464 g/mol. The standard InChI is InChI=1S/C25H21ClN2O3S/c1-31-19-12-10-17(11-13-19)14-23-25(30)28(21-8-4-5-9-22(21)32-23)16-24(29)27-15-18-6-2-3-7-20(18)26/h2-14H,15-16H2,1H3,(H,27,29)/b23-14+. The predicted molar refractivity (Wildman–Crippen MR) is 129 cm³/mol. The van der Waals surface area contributed by atoms with Crippen molar-refractivity contribution in [1.82, 2.24) is 5.32 Å². The molecule has 0 aliphatic carbocycles. The zero-order valence-electron chi connectivity index (χ0n) is 17.4. The Morgan fingerprint density at radius 2 is 1.78 bits per heavy atom. The van der Waals surface area contributed by atoms with E-state index in [1.54, 1.807) is 13.2 Å². The molecule has 5 nitrogen and oxygen atoms in total. The maximum Gasteiger partial charge on any atom is 0.265 e. The van der Waals surface area contributed by atoms with Crippen molar-refractivity contribution in [3.05, 3.63) is 93.9 Å². The van der Waals surface area contributed by atoms with E-state index in [1.165, 1.54) is 16.7 Å². The van der Waals surface area contributed by atoms with Crippen LogP contribution in [0.1, 0.15) is 11.1 Å². The second-order valence-corrected chi connectivity index (χ2v) is 8.60. The average Bonchev–Trinajstić information content (AvgIpc) is 2.81. The fourth-order valence-corrected chi connectivity index (χ4v) is 4.57. The smallest absolute Gasteiger partial charge is 0.265 e. The van der Waals surface area contributed by atoms with E-state index in [2.05, 4.69) is 5.32 Å². The number of rotatable bonds is 6. The van der Waals surface area contributed by atoms with Gasteiger partial charge in [-0.1, -0.05) is 65.8 Å². The number of hydrogen-bond donors (Lipinski definition) is 1. The molecule has 0 bridgehead atoms. The van der Waals surface area contributed by atoms with Gasteiger partial charge in [0.15, 0.2) is 0 Å². The van der Waals surface area contributed by atoms with E-state index in [9.17, 15) is 9.59 Å². The minimum atomic E-state index is -0.260. The Labute approximate surface area is 196 Å². The molecule has 32 heavy (non-hydrogen) atoms. The van der Waals surface area contributed by atoms with Crippen molar-refractivity contribution >= 4 is 46.9 Å². The van der Waals surface area contributed by atoms with E-state index in [0.717, 1.165) is 27.5 Å². The number of anilines is 1. The molecule has 3 aromatic rings.